The maximum absolute atomic E-state index is 12.4. The van der Waals surface area contributed by atoms with Crippen molar-refractivity contribution in [1.82, 2.24) is 20.3 Å². The number of carbonyl (C=O) groups is 1. The Morgan fingerprint density at radius 3 is 2.29 bits per heavy atom. The first-order valence-corrected chi connectivity index (χ1v) is 11.3. The molecule has 0 aliphatic carbocycles. The molecule has 2 heterocycles. The van der Waals surface area contributed by atoms with Crippen molar-refractivity contribution in [2.75, 3.05) is 23.7 Å². The molecule has 4 rings (SSSR count). The van der Waals surface area contributed by atoms with E-state index in [9.17, 15) is 4.79 Å². The van der Waals surface area contributed by atoms with Crippen molar-refractivity contribution in [3.8, 4) is 11.3 Å². The molecule has 34 heavy (non-hydrogen) atoms. The molecule has 0 bridgehead atoms. The third-order valence-electron chi connectivity index (χ3n) is 4.91. The van der Waals surface area contributed by atoms with E-state index in [0.29, 0.717) is 17.2 Å². The van der Waals surface area contributed by atoms with Crippen LogP contribution in [0.3, 0.4) is 0 Å². The monoisotopic (exact) mass is 454 g/mol. The van der Waals surface area contributed by atoms with Crippen LogP contribution in [-0.2, 0) is 0 Å². The second-order valence-corrected chi connectivity index (χ2v) is 7.43. The van der Waals surface area contributed by atoms with Gasteiger partial charge in [0.15, 0.2) is 0 Å². The van der Waals surface area contributed by atoms with Gasteiger partial charge in [0.2, 0.25) is 5.95 Å². The Morgan fingerprint density at radius 2 is 1.62 bits per heavy atom. The van der Waals surface area contributed by atoms with E-state index in [1.165, 1.54) is 0 Å². The second kappa shape index (κ2) is 12.8. The highest BCUT2D eigenvalue weighted by molar-refractivity contribution is 6.04. The maximum Gasteiger partial charge on any atom is 0.255 e. The zero-order chi connectivity index (χ0) is 24.2. The number of rotatable bonds is 7. The smallest absolute Gasteiger partial charge is 0.255 e. The zero-order valence-electron chi connectivity index (χ0n) is 19.7. The van der Waals surface area contributed by atoms with Crippen molar-refractivity contribution in [3.05, 3.63) is 96.4 Å². The molecule has 0 spiro atoms. The molecule has 3 N–H and O–H groups in total. The first-order valence-electron chi connectivity index (χ1n) is 11.3. The normalized spacial score (nSPS) is 10.1. The van der Waals surface area contributed by atoms with Crippen LogP contribution in [0.2, 0.25) is 0 Å². The lowest BCUT2D eigenvalue weighted by atomic mass is 10.1. The maximum atomic E-state index is 12.4. The molecule has 0 saturated carbocycles. The van der Waals surface area contributed by atoms with Crippen molar-refractivity contribution in [2.45, 2.75) is 20.8 Å². The highest BCUT2D eigenvalue weighted by atomic mass is 16.1. The first-order chi connectivity index (χ1) is 16.6. The number of anilines is 3. The molecule has 0 radical (unpaired) electrons. The summed E-state index contributed by atoms with van der Waals surface area (Å²) in [5.74, 6) is 0.324. The van der Waals surface area contributed by atoms with Crippen molar-refractivity contribution < 1.29 is 4.79 Å². The van der Waals surface area contributed by atoms with E-state index in [-0.39, 0.29) is 5.91 Å². The summed E-state index contributed by atoms with van der Waals surface area (Å²) in [6.45, 7) is 8.37. The topological polar surface area (TPSA) is 91.8 Å². The first kappa shape index (κ1) is 24.5. The van der Waals surface area contributed by atoms with E-state index >= 15 is 0 Å². The number of pyridine rings is 1. The minimum atomic E-state index is -0.156. The minimum Gasteiger partial charge on any atom is -0.324 e. The summed E-state index contributed by atoms with van der Waals surface area (Å²) in [4.78, 5) is 25.3. The van der Waals surface area contributed by atoms with Crippen LogP contribution in [0, 0.1) is 6.92 Å². The Bertz CT molecular complexity index is 1180. The average Bonchev–Trinajstić information content (AvgIpc) is 2.88. The van der Waals surface area contributed by atoms with Crippen LogP contribution in [-0.4, -0.2) is 33.9 Å². The molecule has 1 amide bonds. The van der Waals surface area contributed by atoms with Crippen LogP contribution in [0.15, 0.2) is 85.3 Å². The van der Waals surface area contributed by atoms with Gasteiger partial charge < -0.3 is 16.0 Å². The van der Waals surface area contributed by atoms with Gasteiger partial charge in [0, 0.05) is 41.1 Å². The van der Waals surface area contributed by atoms with Crippen LogP contribution in [0.4, 0.5) is 17.3 Å². The van der Waals surface area contributed by atoms with E-state index in [1.807, 2.05) is 61.5 Å². The Morgan fingerprint density at radius 1 is 0.882 bits per heavy atom. The molecule has 7 nitrogen and oxygen atoms in total. The Hall–Kier alpha value is -4.10. The Balaban J connectivity index is 0.000000588. The number of amides is 1. The SMILES string of the molecule is CCNCC.Cc1ccc(NC(=O)c2ccccc2)cc1Nc1nccc(-c2ccncc2)n1. The molecule has 0 unspecified atom stereocenters. The number of benzene rings is 2. The van der Waals surface area contributed by atoms with Gasteiger partial charge in [0.25, 0.3) is 5.91 Å². The fourth-order valence-electron chi connectivity index (χ4n) is 3.10. The van der Waals surface area contributed by atoms with Gasteiger partial charge >= 0.3 is 0 Å². The van der Waals surface area contributed by atoms with Gasteiger partial charge in [-0.1, -0.05) is 38.1 Å². The largest absolute Gasteiger partial charge is 0.324 e. The quantitative estimate of drug-likeness (QED) is 0.343. The fourth-order valence-corrected chi connectivity index (χ4v) is 3.10. The molecule has 174 valence electrons. The third kappa shape index (κ3) is 7.21. The lowest BCUT2D eigenvalue weighted by molar-refractivity contribution is 0.102. The van der Waals surface area contributed by atoms with Gasteiger partial charge in [0.1, 0.15) is 0 Å². The third-order valence-corrected chi connectivity index (χ3v) is 4.91. The standard InChI is InChI=1S/C23H19N5O.C4H11N/c1-16-7-8-19(26-22(29)18-5-3-2-4-6-18)15-21(16)28-23-25-14-11-20(27-23)17-9-12-24-13-10-17;1-3-5-4-2/h2-15H,1H3,(H,26,29)(H,25,27,28);5H,3-4H2,1-2H3. The molecular weight excluding hydrogens is 424 g/mol. The predicted octanol–water partition coefficient (Wildman–Crippen LogP) is 5.46. The van der Waals surface area contributed by atoms with Gasteiger partial charge in [-0.3, -0.25) is 9.78 Å². The van der Waals surface area contributed by atoms with Crippen LogP contribution in [0.5, 0.6) is 0 Å². The predicted molar refractivity (Wildman–Crippen MR) is 138 cm³/mol. The molecule has 2 aromatic carbocycles. The van der Waals surface area contributed by atoms with E-state index in [2.05, 4.69) is 44.7 Å². The van der Waals surface area contributed by atoms with Crippen molar-refractivity contribution in [3.63, 3.8) is 0 Å². The van der Waals surface area contributed by atoms with E-state index < -0.39 is 0 Å². The highest BCUT2D eigenvalue weighted by Crippen LogP contribution is 2.24. The van der Waals surface area contributed by atoms with Crippen LogP contribution >= 0.6 is 0 Å². The molecule has 0 fully saturated rings. The summed E-state index contributed by atoms with van der Waals surface area (Å²) in [6.07, 6.45) is 5.17. The van der Waals surface area contributed by atoms with Crippen LogP contribution < -0.4 is 16.0 Å². The number of carbonyl (C=O) groups excluding carboxylic acids is 1. The molecular formula is C27H30N6O. The molecule has 0 aliphatic heterocycles. The second-order valence-electron chi connectivity index (χ2n) is 7.43. The molecule has 7 heteroatoms. The molecule has 0 saturated heterocycles. The summed E-state index contributed by atoms with van der Waals surface area (Å²) >= 11 is 0. The number of aryl methyl sites for hydroxylation is 1. The highest BCUT2D eigenvalue weighted by Gasteiger charge is 2.09. The number of hydrogen-bond acceptors (Lipinski definition) is 6. The van der Waals surface area contributed by atoms with Gasteiger partial charge in [0.05, 0.1) is 5.69 Å². The molecule has 0 aliphatic rings. The number of aromatic nitrogens is 3. The van der Waals surface area contributed by atoms with Gasteiger partial charge in [-0.2, -0.15) is 0 Å². The lowest BCUT2D eigenvalue weighted by Gasteiger charge is -2.12. The summed E-state index contributed by atoms with van der Waals surface area (Å²) < 4.78 is 0. The average molecular weight is 455 g/mol. The lowest BCUT2D eigenvalue weighted by Crippen LogP contribution is -2.12. The van der Waals surface area contributed by atoms with Gasteiger partial charge in [-0.15, -0.1) is 0 Å². The van der Waals surface area contributed by atoms with E-state index in [1.54, 1.807) is 30.7 Å². The van der Waals surface area contributed by atoms with Crippen LogP contribution in [0.25, 0.3) is 11.3 Å². The van der Waals surface area contributed by atoms with Crippen LogP contribution in [0.1, 0.15) is 29.8 Å². The van der Waals surface area contributed by atoms with Crippen molar-refractivity contribution in [1.29, 1.82) is 0 Å². The summed E-state index contributed by atoms with van der Waals surface area (Å²) in [7, 11) is 0. The number of nitrogens with zero attached hydrogens (tertiary/aromatic N) is 3. The van der Waals surface area contributed by atoms with Gasteiger partial charge in [-0.25, -0.2) is 9.97 Å². The summed E-state index contributed by atoms with van der Waals surface area (Å²) in [5.41, 5.74) is 4.90. The summed E-state index contributed by atoms with van der Waals surface area (Å²) in [6, 6.07) is 20.4. The van der Waals surface area contributed by atoms with Crippen molar-refractivity contribution >= 4 is 23.2 Å². The zero-order valence-corrected chi connectivity index (χ0v) is 19.7. The number of hydrogen-bond donors (Lipinski definition) is 3. The minimum absolute atomic E-state index is 0.156. The fraction of sp³-hybridized carbons (Fsp3) is 0.185. The van der Waals surface area contributed by atoms with E-state index in [4.69, 9.17) is 0 Å². The Kier molecular flexibility index (Phi) is 9.25. The van der Waals surface area contributed by atoms with E-state index in [0.717, 1.165) is 35.6 Å². The Labute approximate surface area is 200 Å². The molecule has 2 aromatic heterocycles. The summed E-state index contributed by atoms with van der Waals surface area (Å²) in [5, 5.41) is 9.28. The number of nitrogens with one attached hydrogen (secondary N) is 3. The molecule has 0 atom stereocenters. The van der Waals surface area contributed by atoms with Gasteiger partial charge in [-0.05, 0) is 68.0 Å². The van der Waals surface area contributed by atoms with Crippen molar-refractivity contribution in [2.24, 2.45) is 0 Å². The molecule has 4 aromatic rings.